The van der Waals surface area contributed by atoms with Gasteiger partial charge in [-0.05, 0) is 0 Å². The maximum atomic E-state index is 11.5. The van der Waals surface area contributed by atoms with Gasteiger partial charge in [0.15, 0.2) is 17.1 Å². The van der Waals surface area contributed by atoms with Crippen LogP contribution in [0.15, 0.2) is 11.1 Å². The van der Waals surface area contributed by atoms with Gasteiger partial charge in [-0.1, -0.05) is 5.21 Å². The molecule has 0 radical (unpaired) electrons. The van der Waals surface area contributed by atoms with Crippen molar-refractivity contribution >= 4 is 11.4 Å². The summed E-state index contributed by atoms with van der Waals surface area (Å²) in [5.74, 6) is -0.375. The predicted molar refractivity (Wildman–Crippen MR) is 49.4 cm³/mol. The highest BCUT2D eigenvalue weighted by Gasteiger charge is 2.15. The Balaban J connectivity index is 2.78. The molecule has 8 nitrogen and oxygen atoms in total. The number of carbonyl (C=O) groups excluding carboxylic acids is 1. The maximum Gasteiger partial charge on any atom is 0.352 e. The molecule has 0 saturated carbocycles. The molecule has 15 heavy (non-hydrogen) atoms. The van der Waals surface area contributed by atoms with Gasteiger partial charge in [-0.3, -0.25) is 4.79 Å². The molecule has 0 fully saturated rings. The molecule has 0 aliphatic carbocycles. The van der Waals surface area contributed by atoms with Crippen LogP contribution in [0.2, 0.25) is 0 Å². The number of rotatable bonds is 2. The van der Waals surface area contributed by atoms with Crippen LogP contribution in [-0.4, -0.2) is 36.7 Å². The number of nitrogens with zero attached hydrogens (tertiary/aromatic N) is 5. The summed E-state index contributed by atoms with van der Waals surface area (Å²) >= 11 is 0. The van der Waals surface area contributed by atoms with E-state index in [1.54, 1.807) is 0 Å². The fourth-order valence-corrected chi connectivity index (χ4v) is 1.17. The van der Waals surface area contributed by atoms with Crippen LogP contribution < -0.4 is 11.4 Å². The Morgan fingerprint density at radius 2 is 2.33 bits per heavy atom. The first-order valence-corrected chi connectivity index (χ1v) is 4.15. The van der Waals surface area contributed by atoms with E-state index in [-0.39, 0.29) is 23.7 Å². The molecule has 0 aliphatic rings. The van der Waals surface area contributed by atoms with Crippen LogP contribution in [0.4, 0.5) is 0 Å². The summed E-state index contributed by atoms with van der Waals surface area (Å²) in [4.78, 5) is 26.6. The lowest BCUT2D eigenvalue weighted by Crippen LogP contribution is -2.27. The number of aryl methyl sites for hydroxylation is 1. The van der Waals surface area contributed by atoms with Gasteiger partial charge in [-0.15, -0.1) is 5.10 Å². The highest BCUT2D eigenvalue weighted by atomic mass is 16.2. The molecule has 0 bridgehead atoms. The highest BCUT2D eigenvalue weighted by molar-refractivity contribution is 6.00. The van der Waals surface area contributed by atoms with Gasteiger partial charge in [0.1, 0.15) is 6.33 Å². The zero-order valence-corrected chi connectivity index (χ0v) is 7.91. The fourth-order valence-electron chi connectivity index (χ4n) is 1.17. The van der Waals surface area contributed by atoms with Gasteiger partial charge < -0.3 is 5.73 Å². The minimum absolute atomic E-state index is 0.0719. The van der Waals surface area contributed by atoms with Gasteiger partial charge in [-0.2, -0.15) is 4.68 Å². The van der Waals surface area contributed by atoms with Crippen molar-refractivity contribution in [3.8, 4) is 0 Å². The molecule has 2 aromatic heterocycles. The summed E-state index contributed by atoms with van der Waals surface area (Å²) in [5.41, 5.74) is 4.98. The number of nitrogens with two attached hydrogens (primary N) is 1. The molecule has 78 valence electrons. The van der Waals surface area contributed by atoms with E-state index in [9.17, 15) is 9.59 Å². The van der Waals surface area contributed by atoms with Crippen LogP contribution >= 0.6 is 0 Å². The summed E-state index contributed by atoms with van der Waals surface area (Å²) in [6.45, 7) is -0.177. The summed E-state index contributed by atoms with van der Waals surface area (Å²) in [5, 5.41) is 7.26. The van der Waals surface area contributed by atoms with Crippen LogP contribution in [0.3, 0.4) is 0 Å². The van der Waals surface area contributed by atoms with E-state index in [1.807, 2.05) is 0 Å². The van der Waals surface area contributed by atoms with Crippen molar-refractivity contribution in [1.29, 1.82) is 0 Å². The number of carbonyl (C=O) groups is 1. The van der Waals surface area contributed by atoms with E-state index in [2.05, 4.69) is 15.3 Å². The molecular formula is C7H8N6O2. The second-order valence-corrected chi connectivity index (χ2v) is 2.91. The van der Waals surface area contributed by atoms with Crippen LogP contribution in [0.1, 0.15) is 10.5 Å². The molecule has 0 spiro atoms. The normalized spacial score (nSPS) is 10.8. The van der Waals surface area contributed by atoms with Crippen molar-refractivity contribution in [3.05, 3.63) is 22.5 Å². The van der Waals surface area contributed by atoms with Gasteiger partial charge in [0.2, 0.25) is 0 Å². The average molecular weight is 208 g/mol. The Morgan fingerprint density at radius 3 is 3.00 bits per heavy atom. The number of Topliss-reactive ketones (excluding diaryl/α,β-unsaturated/α-hetero) is 1. The van der Waals surface area contributed by atoms with Crippen LogP contribution in [0.5, 0.6) is 0 Å². The Morgan fingerprint density at radius 1 is 1.60 bits per heavy atom. The number of imidazole rings is 1. The lowest BCUT2D eigenvalue weighted by atomic mass is 10.3. The quantitative estimate of drug-likeness (QED) is 0.570. The second kappa shape index (κ2) is 3.24. The van der Waals surface area contributed by atoms with E-state index < -0.39 is 5.69 Å². The Hall–Kier alpha value is -2.09. The molecule has 0 aliphatic heterocycles. The molecule has 2 aromatic rings. The predicted octanol–water partition coefficient (Wildman–Crippen LogP) is -2.04. The fraction of sp³-hybridized carbons (Fsp3) is 0.286. The van der Waals surface area contributed by atoms with E-state index in [0.29, 0.717) is 0 Å². The number of hydrogen-bond acceptors (Lipinski definition) is 6. The third-order valence-electron chi connectivity index (χ3n) is 1.95. The molecule has 0 unspecified atom stereocenters. The number of ketones is 1. The summed E-state index contributed by atoms with van der Waals surface area (Å²) in [7, 11) is 1.46. The van der Waals surface area contributed by atoms with Crippen LogP contribution in [0.25, 0.3) is 5.65 Å². The SMILES string of the molecule is Cn1nnc2c(C(=O)CN)ncn2c1=O. The van der Waals surface area contributed by atoms with Crippen molar-refractivity contribution < 1.29 is 4.79 Å². The van der Waals surface area contributed by atoms with Crippen molar-refractivity contribution in [2.45, 2.75) is 0 Å². The molecule has 2 heterocycles. The smallest absolute Gasteiger partial charge is 0.324 e. The minimum Gasteiger partial charge on any atom is -0.324 e. The molecule has 0 aromatic carbocycles. The molecule has 0 amide bonds. The Labute approximate surface area is 83.3 Å². The van der Waals surface area contributed by atoms with Crippen LogP contribution in [0, 0.1) is 0 Å². The second-order valence-electron chi connectivity index (χ2n) is 2.91. The third kappa shape index (κ3) is 1.31. The van der Waals surface area contributed by atoms with Gasteiger partial charge in [0.25, 0.3) is 0 Å². The highest BCUT2D eigenvalue weighted by Crippen LogP contribution is 2.02. The zero-order valence-electron chi connectivity index (χ0n) is 7.91. The van der Waals surface area contributed by atoms with Gasteiger partial charge in [-0.25, -0.2) is 14.2 Å². The summed E-state index contributed by atoms with van der Waals surface area (Å²) in [6.07, 6.45) is 1.23. The van der Waals surface area contributed by atoms with E-state index >= 15 is 0 Å². The van der Waals surface area contributed by atoms with E-state index in [0.717, 1.165) is 9.08 Å². The lowest BCUT2D eigenvalue weighted by molar-refractivity contribution is 0.0998. The van der Waals surface area contributed by atoms with Crippen molar-refractivity contribution in [2.24, 2.45) is 12.8 Å². The molecule has 2 N–H and O–H groups in total. The van der Waals surface area contributed by atoms with E-state index in [1.165, 1.54) is 13.4 Å². The number of aromatic nitrogens is 5. The summed E-state index contributed by atoms with van der Waals surface area (Å²) in [6, 6.07) is 0. The maximum absolute atomic E-state index is 11.5. The number of fused-ring (bicyclic) bond motifs is 1. The third-order valence-corrected chi connectivity index (χ3v) is 1.95. The lowest BCUT2D eigenvalue weighted by Gasteiger charge is -1.96. The Kier molecular flexibility index (Phi) is 2.05. The van der Waals surface area contributed by atoms with Crippen molar-refractivity contribution in [3.63, 3.8) is 0 Å². The molecule has 8 heteroatoms. The molecular weight excluding hydrogens is 200 g/mol. The van der Waals surface area contributed by atoms with Gasteiger partial charge in [0.05, 0.1) is 6.54 Å². The van der Waals surface area contributed by atoms with Crippen molar-refractivity contribution in [1.82, 2.24) is 24.4 Å². The molecule has 0 saturated heterocycles. The first-order chi connectivity index (χ1) is 7.15. The monoisotopic (exact) mass is 208 g/mol. The first kappa shape index (κ1) is 9.46. The molecule has 2 rings (SSSR count). The van der Waals surface area contributed by atoms with Crippen molar-refractivity contribution in [2.75, 3.05) is 6.54 Å². The van der Waals surface area contributed by atoms with Gasteiger partial charge >= 0.3 is 5.69 Å². The minimum atomic E-state index is -0.413. The largest absolute Gasteiger partial charge is 0.352 e. The Bertz CT molecular complexity index is 583. The molecule has 0 atom stereocenters. The van der Waals surface area contributed by atoms with Gasteiger partial charge in [0, 0.05) is 7.05 Å². The summed E-state index contributed by atoms with van der Waals surface area (Å²) < 4.78 is 2.20. The number of hydrogen-bond donors (Lipinski definition) is 1. The average Bonchev–Trinajstić information content (AvgIpc) is 2.66. The topological polar surface area (TPSA) is 108 Å². The standard InChI is InChI=1S/C7H8N6O2/c1-12-7(15)13-3-9-5(4(14)2-8)6(13)10-11-12/h3H,2,8H2,1H3. The first-order valence-electron chi connectivity index (χ1n) is 4.15. The zero-order chi connectivity index (χ0) is 11.0. The van der Waals surface area contributed by atoms with Crippen LogP contribution in [-0.2, 0) is 7.05 Å². The van der Waals surface area contributed by atoms with E-state index in [4.69, 9.17) is 5.73 Å².